The molecule has 8 nitrogen and oxygen atoms in total. The number of carbonyl (C=O) groups excluding carboxylic acids is 3. The first-order valence-electron chi connectivity index (χ1n) is 12.8. The molecule has 4 bridgehead atoms. The third kappa shape index (κ3) is 5.70. The van der Waals surface area contributed by atoms with Crippen molar-refractivity contribution in [2.75, 3.05) is 26.7 Å². The maximum Gasteiger partial charge on any atom is 0.254 e. The third-order valence-electron chi connectivity index (χ3n) is 6.96. The minimum Gasteiger partial charge on any atom is -0.457 e. The van der Waals surface area contributed by atoms with E-state index in [1.165, 1.54) is 4.90 Å². The van der Waals surface area contributed by atoms with E-state index in [0.717, 1.165) is 11.1 Å². The molecule has 1 fully saturated rings. The zero-order valence-electron chi connectivity index (χ0n) is 21.6. The molecule has 2 aliphatic heterocycles. The molecular weight excluding hydrogens is 482 g/mol. The average Bonchev–Trinajstić information content (AvgIpc) is 2.93. The van der Waals surface area contributed by atoms with E-state index in [0.29, 0.717) is 48.7 Å². The fourth-order valence-corrected chi connectivity index (χ4v) is 4.85. The van der Waals surface area contributed by atoms with Crippen molar-refractivity contribution in [2.24, 2.45) is 0 Å². The Bertz CT molecular complexity index is 1340. The maximum atomic E-state index is 13.1. The predicted molar refractivity (Wildman–Crippen MR) is 142 cm³/mol. The molecule has 2 heterocycles. The number of ether oxygens (including phenoxy) is 2. The topological polar surface area (TPSA) is 88.2 Å². The molecule has 2 aliphatic rings. The van der Waals surface area contributed by atoms with Crippen LogP contribution in [0.4, 0.5) is 0 Å². The molecule has 38 heavy (non-hydrogen) atoms. The lowest BCUT2D eigenvalue weighted by Crippen LogP contribution is -2.58. The molecule has 1 saturated heterocycles. The minimum atomic E-state index is -0.425. The van der Waals surface area contributed by atoms with E-state index in [-0.39, 0.29) is 30.4 Å². The Morgan fingerprint density at radius 1 is 1.00 bits per heavy atom. The molecule has 5 rings (SSSR count). The lowest BCUT2D eigenvalue weighted by atomic mass is 10.0. The molecule has 0 unspecified atom stereocenters. The summed E-state index contributed by atoms with van der Waals surface area (Å²) in [5.41, 5.74) is 2.85. The Balaban J connectivity index is 1.42. The first-order valence-corrected chi connectivity index (χ1v) is 12.8. The zero-order chi connectivity index (χ0) is 26.6. The minimum absolute atomic E-state index is 0.0854. The SMILES string of the molecule is Cc1ccc2cc1Oc1cccc(c1)CO[C@@H]1CCN(C(=O)c3ccccc3)C[C@@H]1NC(=O)CN(C)C2=O. The lowest BCUT2D eigenvalue weighted by molar-refractivity contribution is -0.124. The van der Waals surface area contributed by atoms with Crippen LogP contribution in [-0.4, -0.2) is 66.3 Å². The standard InChI is InChI=1S/C30H31N3O5/c1-20-11-12-23-16-27(20)38-24-10-6-7-21(15-24)19-37-26-13-14-33(30(36)22-8-4-3-5-9-22)17-25(26)31-28(34)18-32(2)29(23)35/h3-12,15-16,25-26H,13-14,17-19H2,1-2H3,(H,31,34)/t25-,26+/m0/s1. The van der Waals surface area contributed by atoms with Gasteiger partial charge in [-0.2, -0.15) is 0 Å². The number of nitrogens with one attached hydrogen (secondary N) is 1. The number of amides is 3. The molecule has 0 aliphatic carbocycles. The highest BCUT2D eigenvalue weighted by atomic mass is 16.5. The van der Waals surface area contributed by atoms with Crippen molar-refractivity contribution in [3.05, 3.63) is 95.1 Å². The number of aryl methyl sites for hydroxylation is 1. The molecular formula is C30H31N3O5. The Morgan fingerprint density at radius 3 is 2.63 bits per heavy atom. The van der Waals surface area contributed by atoms with E-state index < -0.39 is 6.04 Å². The van der Waals surface area contributed by atoms with E-state index in [4.69, 9.17) is 9.47 Å². The summed E-state index contributed by atoms with van der Waals surface area (Å²) < 4.78 is 12.4. The maximum absolute atomic E-state index is 13.1. The number of likely N-dealkylation sites (tertiary alicyclic amines) is 1. The number of carbonyl (C=O) groups is 3. The van der Waals surface area contributed by atoms with Crippen LogP contribution < -0.4 is 10.1 Å². The van der Waals surface area contributed by atoms with Gasteiger partial charge >= 0.3 is 0 Å². The van der Waals surface area contributed by atoms with Gasteiger partial charge in [0, 0.05) is 31.3 Å². The van der Waals surface area contributed by atoms with Crippen LogP contribution in [0.15, 0.2) is 72.8 Å². The van der Waals surface area contributed by atoms with Gasteiger partial charge in [0.1, 0.15) is 11.5 Å². The summed E-state index contributed by atoms with van der Waals surface area (Å²) >= 11 is 0. The normalized spacial score (nSPS) is 20.3. The Kier molecular flexibility index (Phi) is 7.42. The second-order valence-corrected chi connectivity index (χ2v) is 9.82. The van der Waals surface area contributed by atoms with Crippen LogP contribution in [-0.2, 0) is 16.1 Å². The fourth-order valence-electron chi connectivity index (χ4n) is 4.85. The number of hydrogen-bond donors (Lipinski definition) is 1. The summed E-state index contributed by atoms with van der Waals surface area (Å²) in [6, 6.07) is 21.6. The molecule has 3 aromatic rings. The van der Waals surface area contributed by atoms with Crippen LogP contribution >= 0.6 is 0 Å². The summed E-state index contributed by atoms with van der Waals surface area (Å²) in [7, 11) is 1.59. The first kappa shape index (κ1) is 25.5. The summed E-state index contributed by atoms with van der Waals surface area (Å²) in [6.07, 6.45) is 0.269. The number of nitrogens with zero attached hydrogens (tertiary/aromatic N) is 2. The summed E-state index contributed by atoms with van der Waals surface area (Å²) in [5.74, 6) is 0.536. The molecule has 2 atom stereocenters. The molecule has 0 aromatic heterocycles. The average molecular weight is 514 g/mol. The van der Waals surface area contributed by atoms with Crippen LogP contribution in [0.5, 0.6) is 11.5 Å². The van der Waals surface area contributed by atoms with E-state index in [1.807, 2.05) is 55.5 Å². The van der Waals surface area contributed by atoms with Gasteiger partial charge in [-0.3, -0.25) is 14.4 Å². The lowest BCUT2D eigenvalue weighted by Gasteiger charge is -2.39. The number of piperidine rings is 1. The van der Waals surface area contributed by atoms with Gasteiger partial charge in [0.05, 0.1) is 25.3 Å². The van der Waals surface area contributed by atoms with Gasteiger partial charge in [-0.15, -0.1) is 0 Å². The van der Waals surface area contributed by atoms with Crippen molar-refractivity contribution in [3.8, 4) is 11.5 Å². The van der Waals surface area contributed by atoms with Gasteiger partial charge in [0.2, 0.25) is 5.91 Å². The van der Waals surface area contributed by atoms with Crippen molar-refractivity contribution in [1.29, 1.82) is 0 Å². The number of benzene rings is 3. The van der Waals surface area contributed by atoms with Crippen molar-refractivity contribution in [2.45, 2.75) is 32.1 Å². The van der Waals surface area contributed by atoms with Crippen LogP contribution in [0.2, 0.25) is 0 Å². The Labute approximate surface area is 222 Å². The molecule has 0 saturated carbocycles. The number of fused-ring (bicyclic) bond motifs is 5. The first-order chi connectivity index (χ1) is 18.4. The van der Waals surface area contributed by atoms with Gasteiger partial charge in [-0.1, -0.05) is 36.4 Å². The third-order valence-corrected chi connectivity index (χ3v) is 6.96. The highest BCUT2D eigenvalue weighted by molar-refractivity contribution is 5.97. The van der Waals surface area contributed by atoms with Crippen molar-refractivity contribution in [1.82, 2.24) is 15.1 Å². The number of rotatable bonds is 1. The second-order valence-electron chi connectivity index (χ2n) is 9.82. The highest BCUT2D eigenvalue weighted by Gasteiger charge is 2.34. The van der Waals surface area contributed by atoms with Crippen molar-refractivity contribution in [3.63, 3.8) is 0 Å². The van der Waals surface area contributed by atoms with Gasteiger partial charge in [0.15, 0.2) is 0 Å². The quantitative estimate of drug-likeness (QED) is 0.535. The number of hydrogen-bond acceptors (Lipinski definition) is 5. The second kappa shape index (κ2) is 11.1. The van der Waals surface area contributed by atoms with Crippen molar-refractivity contribution < 1.29 is 23.9 Å². The van der Waals surface area contributed by atoms with Crippen molar-refractivity contribution >= 4 is 17.7 Å². The van der Waals surface area contributed by atoms with E-state index in [1.54, 1.807) is 36.2 Å². The van der Waals surface area contributed by atoms with E-state index in [2.05, 4.69) is 5.32 Å². The Morgan fingerprint density at radius 2 is 1.82 bits per heavy atom. The molecule has 8 heteroatoms. The molecule has 196 valence electrons. The van der Waals surface area contributed by atoms with Gasteiger partial charge in [-0.05, 0) is 60.9 Å². The van der Waals surface area contributed by atoms with Gasteiger partial charge in [-0.25, -0.2) is 0 Å². The summed E-state index contributed by atoms with van der Waals surface area (Å²) in [6.45, 7) is 2.95. The monoisotopic (exact) mass is 513 g/mol. The van der Waals surface area contributed by atoms with Crippen LogP contribution in [0, 0.1) is 6.92 Å². The smallest absolute Gasteiger partial charge is 0.254 e. The molecule has 3 aromatic carbocycles. The predicted octanol–water partition coefficient (Wildman–Crippen LogP) is 3.79. The number of likely N-dealkylation sites (N-methyl/N-ethyl adjacent to an activating group) is 1. The van der Waals surface area contributed by atoms with Crippen LogP contribution in [0.1, 0.15) is 38.3 Å². The van der Waals surface area contributed by atoms with Gasteiger partial charge in [0.25, 0.3) is 11.8 Å². The molecule has 0 radical (unpaired) electrons. The van der Waals surface area contributed by atoms with Crippen LogP contribution in [0.3, 0.4) is 0 Å². The molecule has 0 spiro atoms. The summed E-state index contributed by atoms with van der Waals surface area (Å²) in [4.78, 5) is 42.4. The van der Waals surface area contributed by atoms with E-state index in [9.17, 15) is 14.4 Å². The largest absolute Gasteiger partial charge is 0.457 e. The summed E-state index contributed by atoms with van der Waals surface area (Å²) in [5, 5.41) is 3.03. The molecule has 3 amide bonds. The van der Waals surface area contributed by atoms with Gasteiger partial charge < -0.3 is 24.6 Å². The van der Waals surface area contributed by atoms with Crippen LogP contribution in [0.25, 0.3) is 0 Å². The molecule has 1 N–H and O–H groups in total. The Hall–Kier alpha value is -4.17. The van der Waals surface area contributed by atoms with E-state index >= 15 is 0 Å². The highest BCUT2D eigenvalue weighted by Crippen LogP contribution is 2.28. The fraction of sp³-hybridized carbons (Fsp3) is 0.300. The zero-order valence-corrected chi connectivity index (χ0v) is 21.6.